The third-order valence-corrected chi connectivity index (χ3v) is 11.1. The van der Waals surface area contributed by atoms with E-state index in [1.807, 2.05) is 69.9 Å². The van der Waals surface area contributed by atoms with Gasteiger partial charge in [-0.1, -0.05) is 83.6 Å². The van der Waals surface area contributed by atoms with Gasteiger partial charge in [-0.2, -0.15) is 0 Å². The highest BCUT2D eigenvalue weighted by Gasteiger charge is 2.43. The molecule has 2 rings (SSSR count). The Hall–Kier alpha value is -3.13. The van der Waals surface area contributed by atoms with Crippen LogP contribution in [-0.4, -0.2) is 120 Å². The largest absolute Gasteiger partial charge is 0.480 e. The van der Waals surface area contributed by atoms with Crippen LogP contribution in [0.4, 0.5) is 0 Å². The maximum absolute atomic E-state index is 14.1. The minimum atomic E-state index is -1.01. The van der Waals surface area contributed by atoms with Gasteiger partial charge >= 0.3 is 5.97 Å². The van der Waals surface area contributed by atoms with Crippen molar-refractivity contribution in [3.63, 3.8) is 0 Å². The van der Waals surface area contributed by atoms with Crippen LogP contribution in [0.15, 0.2) is 30.3 Å². The lowest BCUT2D eigenvalue weighted by atomic mass is 9.89. The Morgan fingerprint density at radius 1 is 1.06 bits per heavy atom. The Morgan fingerprint density at radius 3 is 2.20 bits per heavy atom. The molecule has 3 amide bonds. The third kappa shape index (κ3) is 11.7. The second-order valence-corrected chi connectivity index (χ2v) is 15.2. The summed E-state index contributed by atoms with van der Waals surface area (Å²) in [4.78, 5) is 57.3. The molecular weight excluding hydrogens is 671 g/mol. The first-order valence-electron chi connectivity index (χ1n) is 18.1. The zero-order chi connectivity index (χ0) is 38.6. The van der Waals surface area contributed by atoms with E-state index in [0.29, 0.717) is 18.0 Å². The van der Waals surface area contributed by atoms with E-state index in [1.165, 1.54) is 0 Å². The molecular formula is C38H63N5O7S. The highest BCUT2D eigenvalue weighted by Crippen LogP contribution is 2.30. The molecule has 0 unspecified atom stereocenters. The second-order valence-electron chi connectivity index (χ2n) is 14.7. The van der Waals surface area contributed by atoms with Crippen molar-refractivity contribution in [1.82, 2.24) is 25.8 Å². The topological polar surface area (TPSA) is 150 Å². The van der Waals surface area contributed by atoms with Crippen molar-refractivity contribution in [2.45, 2.75) is 122 Å². The van der Waals surface area contributed by atoms with E-state index in [-0.39, 0.29) is 54.4 Å². The van der Waals surface area contributed by atoms with Crippen molar-refractivity contribution in [2.24, 2.45) is 17.8 Å². The minimum absolute atomic E-state index is 0.0170. The van der Waals surface area contributed by atoms with Gasteiger partial charge in [-0.25, -0.2) is 4.79 Å². The molecule has 1 aliphatic rings. The summed E-state index contributed by atoms with van der Waals surface area (Å²) in [5.74, 6) is -2.23. The lowest BCUT2D eigenvalue weighted by Gasteiger charge is -2.41. The molecule has 12 nitrogen and oxygen atoms in total. The van der Waals surface area contributed by atoms with Gasteiger partial charge in [0.05, 0.1) is 41.2 Å². The van der Waals surface area contributed by atoms with Gasteiger partial charge in [0.1, 0.15) is 12.1 Å². The number of amides is 3. The summed E-state index contributed by atoms with van der Waals surface area (Å²) < 4.78 is 12.0. The van der Waals surface area contributed by atoms with Crippen molar-refractivity contribution >= 4 is 40.9 Å². The average Bonchev–Trinajstić information content (AvgIpc) is 3.59. The van der Waals surface area contributed by atoms with Gasteiger partial charge in [0.15, 0.2) is 0 Å². The maximum atomic E-state index is 14.1. The van der Waals surface area contributed by atoms with Crippen molar-refractivity contribution in [3.05, 3.63) is 35.9 Å². The minimum Gasteiger partial charge on any atom is -0.480 e. The van der Waals surface area contributed by atoms with E-state index in [1.54, 1.807) is 47.1 Å². The maximum Gasteiger partial charge on any atom is 0.326 e. The van der Waals surface area contributed by atoms with Crippen LogP contribution in [0.2, 0.25) is 0 Å². The molecule has 0 bridgehead atoms. The molecule has 0 aromatic heterocycles. The molecule has 13 heteroatoms. The van der Waals surface area contributed by atoms with Crippen LogP contribution < -0.4 is 16.0 Å². The standard InChI is InChI=1S/C38H63N5O7S/c1-12-24(4)32(42(9)35(45)31(23(2)3)41-37(48)38(6,7)39-8)29(49-10)22-30(44)43-20-16-19-28(43)33(50-11)25(5)34(51)40-27(36(46)47)21-26-17-14-13-15-18-26/h13-15,17-18,23-25,27-29,31-33,39H,12,16,19-22H2,1-11H3,(H,40,51)(H,41,48)(H,46,47)/t24-,25+,27-,28-,29+,31-,32-,33+/m0/s1. The number of likely N-dealkylation sites (tertiary alicyclic amines) is 1. The summed E-state index contributed by atoms with van der Waals surface area (Å²) in [5, 5.41) is 18.9. The van der Waals surface area contributed by atoms with E-state index in [0.717, 1.165) is 18.4 Å². The summed E-state index contributed by atoms with van der Waals surface area (Å²) in [5.41, 5.74) is 0.00883. The zero-order valence-corrected chi connectivity index (χ0v) is 33.3. The molecule has 1 aromatic carbocycles. The van der Waals surface area contributed by atoms with Crippen molar-refractivity contribution in [1.29, 1.82) is 0 Å². The molecule has 0 saturated carbocycles. The molecule has 288 valence electrons. The lowest BCUT2D eigenvalue weighted by molar-refractivity contribution is -0.147. The number of rotatable bonds is 20. The fourth-order valence-electron chi connectivity index (χ4n) is 6.83. The molecule has 0 radical (unpaired) electrons. The van der Waals surface area contributed by atoms with Crippen LogP contribution in [0.1, 0.15) is 79.7 Å². The summed E-state index contributed by atoms with van der Waals surface area (Å²) in [6.45, 7) is 13.8. The number of likely N-dealkylation sites (N-methyl/N-ethyl adjacent to an activating group) is 2. The number of ether oxygens (including phenoxy) is 2. The first kappa shape index (κ1) is 44.0. The Labute approximate surface area is 310 Å². The van der Waals surface area contributed by atoms with E-state index in [9.17, 15) is 24.3 Å². The van der Waals surface area contributed by atoms with Crippen LogP contribution in [0.3, 0.4) is 0 Å². The monoisotopic (exact) mass is 733 g/mol. The second kappa shape index (κ2) is 20.2. The van der Waals surface area contributed by atoms with Crippen LogP contribution in [0, 0.1) is 17.8 Å². The van der Waals surface area contributed by atoms with E-state index < -0.39 is 41.8 Å². The van der Waals surface area contributed by atoms with Crippen LogP contribution in [0.25, 0.3) is 0 Å². The molecule has 51 heavy (non-hydrogen) atoms. The van der Waals surface area contributed by atoms with Gasteiger partial charge in [-0.05, 0) is 51.1 Å². The number of carbonyl (C=O) groups excluding carboxylic acids is 3. The highest BCUT2D eigenvalue weighted by molar-refractivity contribution is 7.80. The molecule has 1 aliphatic heterocycles. The Balaban J connectivity index is 2.26. The first-order chi connectivity index (χ1) is 23.9. The molecule has 8 atom stereocenters. The Bertz CT molecular complexity index is 1310. The molecule has 0 aliphatic carbocycles. The third-order valence-electron chi connectivity index (χ3n) is 10.6. The fraction of sp³-hybridized carbons (Fsp3) is 0.711. The average molecular weight is 734 g/mol. The lowest BCUT2D eigenvalue weighted by Crippen LogP contribution is -2.61. The number of carboxylic acid groups (broad SMARTS) is 1. The smallest absolute Gasteiger partial charge is 0.326 e. The van der Waals surface area contributed by atoms with Crippen LogP contribution in [0.5, 0.6) is 0 Å². The van der Waals surface area contributed by atoms with Crippen molar-refractivity contribution < 1.29 is 33.8 Å². The van der Waals surface area contributed by atoms with E-state index in [4.69, 9.17) is 21.7 Å². The predicted octanol–water partition coefficient (Wildman–Crippen LogP) is 3.66. The number of methoxy groups -OCH3 is 2. The Kier molecular flexibility index (Phi) is 17.4. The number of nitrogens with one attached hydrogen (secondary N) is 3. The summed E-state index contributed by atoms with van der Waals surface area (Å²) in [6, 6.07) is 6.95. The number of carbonyl (C=O) groups is 4. The van der Waals surface area contributed by atoms with E-state index >= 15 is 0 Å². The predicted molar refractivity (Wildman–Crippen MR) is 203 cm³/mol. The number of hydrogen-bond donors (Lipinski definition) is 4. The van der Waals surface area contributed by atoms with Crippen molar-refractivity contribution in [2.75, 3.05) is 34.9 Å². The van der Waals surface area contributed by atoms with Gasteiger partial charge in [0.25, 0.3) is 0 Å². The normalized spacial score (nSPS) is 19.0. The van der Waals surface area contributed by atoms with Gasteiger partial charge in [0, 0.05) is 40.2 Å². The van der Waals surface area contributed by atoms with E-state index in [2.05, 4.69) is 16.0 Å². The number of hydrogen-bond acceptors (Lipinski definition) is 8. The quantitative estimate of drug-likeness (QED) is 0.146. The molecule has 0 spiro atoms. The zero-order valence-electron chi connectivity index (χ0n) is 32.5. The molecule has 4 N–H and O–H groups in total. The summed E-state index contributed by atoms with van der Waals surface area (Å²) >= 11 is 5.74. The first-order valence-corrected chi connectivity index (χ1v) is 18.5. The Morgan fingerprint density at radius 2 is 1.69 bits per heavy atom. The molecule has 1 saturated heterocycles. The molecule has 1 heterocycles. The SMILES string of the molecule is CC[C@H](C)[C@@H]([C@@H](CC(=O)N1CCC[C@H]1[C@H](OC)[C@@H](C)C(=S)N[C@@H](Cc1ccccc1)C(=O)O)OC)N(C)C(=O)[C@@H](NC(=O)C(C)(C)NC)C(C)C. The number of aliphatic carboxylic acids is 1. The van der Waals surface area contributed by atoms with Crippen LogP contribution >= 0.6 is 12.2 Å². The number of thiocarbonyl (C=S) groups is 1. The van der Waals surface area contributed by atoms with Crippen molar-refractivity contribution in [3.8, 4) is 0 Å². The van der Waals surface area contributed by atoms with Gasteiger partial charge in [0.2, 0.25) is 17.7 Å². The fourth-order valence-corrected chi connectivity index (χ4v) is 7.10. The van der Waals surface area contributed by atoms with Gasteiger partial charge < -0.3 is 40.3 Å². The number of carboxylic acids is 1. The number of benzene rings is 1. The van der Waals surface area contributed by atoms with Crippen LogP contribution in [-0.2, 0) is 35.1 Å². The van der Waals surface area contributed by atoms with Gasteiger partial charge in [-0.3, -0.25) is 14.4 Å². The summed E-state index contributed by atoms with van der Waals surface area (Å²) in [6.07, 6.45) is 1.43. The molecule has 1 aromatic rings. The summed E-state index contributed by atoms with van der Waals surface area (Å²) in [7, 11) is 6.56. The highest BCUT2D eigenvalue weighted by atomic mass is 32.1. The molecule has 1 fully saturated rings. The number of nitrogens with zero attached hydrogens (tertiary/aromatic N) is 2. The van der Waals surface area contributed by atoms with Gasteiger partial charge in [-0.15, -0.1) is 0 Å².